The van der Waals surface area contributed by atoms with E-state index in [1.165, 1.54) is 25.1 Å². The first kappa shape index (κ1) is 14.3. The van der Waals surface area contributed by atoms with E-state index < -0.39 is 22.6 Å². The Labute approximate surface area is 111 Å². The highest BCUT2D eigenvalue weighted by atomic mass is 79.9. The number of hydrogen-bond acceptors (Lipinski definition) is 5. The highest BCUT2D eigenvalue weighted by molar-refractivity contribution is 9.10. The SMILES string of the molecule is COC(=O)C(C(C)=O)c1ccc(Br)cc1[N+](=O)[O-]. The average molecular weight is 316 g/mol. The van der Waals surface area contributed by atoms with Crippen LogP contribution in [0.4, 0.5) is 5.69 Å². The van der Waals surface area contributed by atoms with Crippen molar-refractivity contribution in [2.24, 2.45) is 0 Å². The highest BCUT2D eigenvalue weighted by Gasteiger charge is 2.32. The summed E-state index contributed by atoms with van der Waals surface area (Å²) in [4.78, 5) is 33.3. The molecule has 1 atom stereocenters. The van der Waals surface area contributed by atoms with Gasteiger partial charge >= 0.3 is 5.97 Å². The number of esters is 1. The third-order valence-corrected chi connectivity index (χ3v) is 2.84. The summed E-state index contributed by atoms with van der Waals surface area (Å²) in [7, 11) is 1.13. The molecule has 0 aliphatic heterocycles. The lowest BCUT2D eigenvalue weighted by atomic mass is 9.94. The van der Waals surface area contributed by atoms with Gasteiger partial charge in [0.15, 0.2) is 0 Å². The molecular formula is C11H10BrNO5. The molecule has 6 nitrogen and oxygen atoms in total. The molecule has 0 amide bonds. The number of halogens is 1. The number of ether oxygens (including phenoxy) is 1. The van der Waals surface area contributed by atoms with E-state index in [1.54, 1.807) is 0 Å². The van der Waals surface area contributed by atoms with Gasteiger partial charge in [0.1, 0.15) is 11.7 Å². The summed E-state index contributed by atoms with van der Waals surface area (Å²) >= 11 is 3.10. The molecule has 18 heavy (non-hydrogen) atoms. The van der Waals surface area contributed by atoms with Gasteiger partial charge in [-0.3, -0.25) is 19.7 Å². The monoisotopic (exact) mass is 315 g/mol. The lowest BCUT2D eigenvalue weighted by Crippen LogP contribution is -2.22. The number of benzene rings is 1. The van der Waals surface area contributed by atoms with Gasteiger partial charge in [-0.1, -0.05) is 15.9 Å². The van der Waals surface area contributed by atoms with Crippen LogP contribution in [0.1, 0.15) is 18.4 Å². The van der Waals surface area contributed by atoms with E-state index in [-0.39, 0.29) is 11.3 Å². The number of Topliss-reactive ketones (excluding diaryl/α,β-unsaturated/α-hetero) is 1. The van der Waals surface area contributed by atoms with E-state index in [2.05, 4.69) is 20.7 Å². The predicted octanol–water partition coefficient (Wildman–Crippen LogP) is 2.20. The molecule has 0 spiro atoms. The van der Waals surface area contributed by atoms with Crippen molar-refractivity contribution in [2.75, 3.05) is 7.11 Å². The highest BCUT2D eigenvalue weighted by Crippen LogP contribution is 2.31. The molecule has 1 rings (SSSR count). The number of methoxy groups -OCH3 is 1. The van der Waals surface area contributed by atoms with Crippen LogP contribution in [-0.4, -0.2) is 23.8 Å². The van der Waals surface area contributed by atoms with Gasteiger partial charge in [-0.05, 0) is 19.1 Å². The van der Waals surface area contributed by atoms with E-state index in [4.69, 9.17) is 0 Å². The quantitative estimate of drug-likeness (QED) is 0.368. The summed E-state index contributed by atoms with van der Waals surface area (Å²) < 4.78 is 4.99. The Kier molecular flexibility index (Phi) is 4.55. The minimum atomic E-state index is -1.27. The molecule has 0 saturated carbocycles. The summed E-state index contributed by atoms with van der Waals surface area (Å²) in [5.74, 6) is -2.59. The van der Waals surface area contributed by atoms with Crippen molar-refractivity contribution >= 4 is 33.4 Å². The Bertz CT molecular complexity index is 514. The van der Waals surface area contributed by atoms with Crippen molar-refractivity contribution in [2.45, 2.75) is 12.8 Å². The van der Waals surface area contributed by atoms with E-state index in [0.717, 1.165) is 7.11 Å². The molecule has 0 heterocycles. The van der Waals surface area contributed by atoms with E-state index in [0.29, 0.717) is 4.47 Å². The third-order valence-electron chi connectivity index (χ3n) is 2.34. The fourth-order valence-corrected chi connectivity index (χ4v) is 1.90. The second-order valence-corrected chi connectivity index (χ2v) is 4.44. The maximum atomic E-state index is 11.5. The molecule has 0 aromatic heterocycles. The van der Waals surface area contributed by atoms with Crippen LogP contribution in [0.2, 0.25) is 0 Å². The summed E-state index contributed by atoms with van der Waals surface area (Å²) in [6.07, 6.45) is 0. The topological polar surface area (TPSA) is 86.5 Å². The van der Waals surface area contributed by atoms with Crippen molar-refractivity contribution in [3.8, 4) is 0 Å². The molecule has 0 saturated heterocycles. The van der Waals surface area contributed by atoms with Gasteiger partial charge in [-0.2, -0.15) is 0 Å². The Morgan fingerprint density at radius 3 is 2.50 bits per heavy atom. The Hall–Kier alpha value is -1.76. The number of nitrogens with zero attached hydrogens (tertiary/aromatic N) is 1. The molecule has 0 aliphatic carbocycles. The largest absolute Gasteiger partial charge is 0.468 e. The standard InChI is InChI=1S/C11H10BrNO5/c1-6(14)10(11(15)18-2)8-4-3-7(12)5-9(8)13(16)17/h3-5,10H,1-2H3. The van der Waals surface area contributed by atoms with Gasteiger partial charge in [0, 0.05) is 10.5 Å². The number of hydrogen-bond donors (Lipinski definition) is 0. The normalized spacial score (nSPS) is 11.7. The lowest BCUT2D eigenvalue weighted by Gasteiger charge is -2.12. The number of ketones is 1. The van der Waals surface area contributed by atoms with Crippen LogP contribution in [0.5, 0.6) is 0 Å². The molecule has 0 aliphatic rings. The van der Waals surface area contributed by atoms with E-state index in [9.17, 15) is 19.7 Å². The van der Waals surface area contributed by atoms with E-state index >= 15 is 0 Å². The Morgan fingerprint density at radius 1 is 1.44 bits per heavy atom. The van der Waals surface area contributed by atoms with Crippen LogP contribution in [0.3, 0.4) is 0 Å². The fourth-order valence-electron chi connectivity index (χ4n) is 1.55. The molecule has 96 valence electrons. The maximum absolute atomic E-state index is 11.5. The van der Waals surface area contributed by atoms with Gasteiger partial charge < -0.3 is 4.74 Å². The zero-order valence-electron chi connectivity index (χ0n) is 9.68. The van der Waals surface area contributed by atoms with Crippen molar-refractivity contribution < 1.29 is 19.2 Å². The summed E-state index contributed by atoms with van der Waals surface area (Å²) in [5, 5.41) is 10.9. The minimum absolute atomic E-state index is 0.0301. The van der Waals surface area contributed by atoms with Gasteiger partial charge in [-0.15, -0.1) is 0 Å². The number of nitro groups is 1. The van der Waals surface area contributed by atoms with Crippen molar-refractivity contribution in [1.82, 2.24) is 0 Å². The first-order valence-corrected chi connectivity index (χ1v) is 5.70. The van der Waals surface area contributed by atoms with Gasteiger partial charge in [0.2, 0.25) is 0 Å². The zero-order chi connectivity index (χ0) is 13.9. The summed E-state index contributed by atoms with van der Waals surface area (Å²) in [6, 6.07) is 4.14. The minimum Gasteiger partial charge on any atom is -0.468 e. The van der Waals surface area contributed by atoms with Crippen LogP contribution in [0.15, 0.2) is 22.7 Å². The number of rotatable bonds is 4. The number of nitro benzene ring substituents is 1. The average Bonchev–Trinajstić information content (AvgIpc) is 2.30. The smallest absolute Gasteiger partial charge is 0.320 e. The molecular weight excluding hydrogens is 306 g/mol. The van der Waals surface area contributed by atoms with Gasteiger partial charge in [-0.25, -0.2) is 0 Å². The van der Waals surface area contributed by atoms with Crippen molar-refractivity contribution in [1.29, 1.82) is 0 Å². The first-order chi connectivity index (χ1) is 8.38. The molecule has 7 heteroatoms. The molecule has 0 bridgehead atoms. The van der Waals surface area contributed by atoms with Gasteiger partial charge in [0.05, 0.1) is 17.6 Å². The first-order valence-electron chi connectivity index (χ1n) is 4.90. The molecule has 0 N–H and O–H groups in total. The summed E-state index contributed by atoms with van der Waals surface area (Å²) in [6.45, 7) is 1.19. The van der Waals surface area contributed by atoms with E-state index in [1.807, 2.05) is 0 Å². The second-order valence-electron chi connectivity index (χ2n) is 3.53. The molecule has 1 unspecified atom stereocenters. The van der Waals surface area contributed by atoms with Gasteiger partial charge in [0.25, 0.3) is 5.69 Å². The Balaban J connectivity index is 3.41. The van der Waals surface area contributed by atoms with Crippen LogP contribution >= 0.6 is 15.9 Å². The van der Waals surface area contributed by atoms with Crippen LogP contribution in [0, 0.1) is 10.1 Å². The molecule has 0 fully saturated rings. The number of carbonyl (C=O) groups is 2. The lowest BCUT2D eigenvalue weighted by molar-refractivity contribution is -0.385. The predicted molar refractivity (Wildman–Crippen MR) is 66.2 cm³/mol. The van der Waals surface area contributed by atoms with Crippen molar-refractivity contribution in [3.63, 3.8) is 0 Å². The molecule has 0 radical (unpaired) electrons. The molecule has 1 aromatic carbocycles. The van der Waals surface area contributed by atoms with Crippen LogP contribution < -0.4 is 0 Å². The zero-order valence-corrected chi connectivity index (χ0v) is 11.3. The fraction of sp³-hybridized carbons (Fsp3) is 0.273. The maximum Gasteiger partial charge on any atom is 0.320 e. The number of carbonyl (C=O) groups excluding carboxylic acids is 2. The van der Waals surface area contributed by atoms with Crippen LogP contribution in [0.25, 0.3) is 0 Å². The second kappa shape index (κ2) is 5.72. The van der Waals surface area contributed by atoms with Crippen LogP contribution in [-0.2, 0) is 14.3 Å². The van der Waals surface area contributed by atoms with Crippen molar-refractivity contribution in [3.05, 3.63) is 38.3 Å². The third kappa shape index (κ3) is 2.92. The molecule has 1 aromatic rings. The Morgan fingerprint density at radius 2 is 2.06 bits per heavy atom. The summed E-state index contributed by atoms with van der Waals surface area (Å²) in [5.41, 5.74) is -0.266.